The Kier molecular flexibility index (Phi) is 2.36. The van der Waals surface area contributed by atoms with Crippen molar-refractivity contribution in [3.05, 3.63) is 0 Å². The number of rotatable bonds is 3. The van der Waals surface area contributed by atoms with Crippen LogP contribution in [0.4, 0.5) is 0 Å². The monoisotopic (exact) mass is 203 g/mol. The van der Waals surface area contributed by atoms with Crippen molar-refractivity contribution in [1.82, 2.24) is 4.72 Å². The van der Waals surface area contributed by atoms with E-state index < -0.39 is 10.0 Å². The molecule has 0 heterocycles. The van der Waals surface area contributed by atoms with Crippen LogP contribution in [0.1, 0.15) is 25.7 Å². The summed E-state index contributed by atoms with van der Waals surface area (Å²) in [5.41, 5.74) is 0. The zero-order chi connectivity index (χ0) is 9.47. The van der Waals surface area contributed by atoms with Gasteiger partial charge in [-0.15, -0.1) is 0 Å². The highest BCUT2D eigenvalue weighted by Crippen LogP contribution is 2.47. The lowest BCUT2D eigenvalue weighted by molar-refractivity contribution is 0.333. The van der Waals surface area contributed by atoms with Crippen molar-refractivity contribution in [3.8, 4) is 0 Å². The smallest absolute Gasteiger partial charge is 0.208 e. The third-order valence-corrected chi connectivity index (χ3v) is 4.18. The Labute approximate surface area is 80.0 Å². The molecular formula is C9H17NO2S. The predicted molar refractivity (Wildman–Crippen MR) is 51.8 cm³/mol. The summed E-state index contributed by atoms with van der Waals surface area (Å²) in [6, 6.07) is 0. The van der Waals surface area contributed by atoms with Gasteiger partial charge in [0.1, 0.15) is 0 Å². The number of hydrogen-bond donors (Lipinski definition) is 1. The Morgan fingerprint density at radius 2 is 2.08 bits per heavy atom. The first-order valence-corrected chi connectivity index (χ1v) is 6.88. The van der Waals surface area contributed by atoms with Crippen molar-refractivity contribution in [2.45, 2.75) is 25.7 Å². The van der Waals surface area contributed by atoms with Crippen molar-refractivity contribution in [2.24, 2.45) is 17.8 Å². The number of sulfonamides is 1. The minimum atomic E-state index is -2.98. The second-order valence-electron chi connectivity index (χ2n) is 4.56. The van der Waals surface area contributed by atoms with Crippen LogP contribution < -0.4 is 4.72 Å². The quantitative estimate of drug-likeness (QED) is 0.743. The summed E-state index contributed by atoms with van der Waals surface area (Å²) in [4.78, 5) is 0. The Bertz CT molecular complexity index is 286. The maximum atomic E-state index is 10.9. The third-order valence-electron chi connectivity index (χ3n) is 3.49. The van der Waals surface area contributed by atoms with Crippen LogP contribution in [0, 0.1) is 17.8 Å². The first-order valence-electron chi connectivity index (χ1n) is 4.99. The summed E-state index contributed by atoms with van der Waals surface area (Å²) in [7, 11) is -2.98. The highest BCUT2D eigenvalue weighted by molar-refractivity contribution is 7.88. The Balaban J connectivity index is 1.84. The Hall–Kier alpha value is -0.0900. The molecule has 0 amide bonds. The van der Waals surface area contributed by atoms with E-state index in [1.165, 1.54) is 31.9 Å². The molecule has 3 nitrogen and oxygen atoms in total. The van der Waals surface area contributed by atoms with E-state index in [1.807, 2.05) is 0 Å². The summed E-state index contributed by atoms with van der Waals surface area (Å²) < 4.78 is 24.4. The molecule has 0 aromatic rings. The van der Waals surface area contributed by atoms with Gasteiger partial charge in [0.2, 0.25) is 10.0 Å². The van der Waals surface area contributed by atoms with Crippen molar-refractivity contribution < 1.29 is 8.42 Å². The molecule has 0 aromatic heterocycles. The molecule has 2 fully saturated rings. The van der Waals surface area contributed by atoms with E-state index in [0.717, 1.165) is 11.8 Å². The zero-order valence-corrected chi connectivity index (χ0v) is 8.81. The van der Waals surface area contributed by atoms with Gasteiger partial charge in [-0.1, -0.05) is 6.42 Å². The molecule has 0 saturated heterocycles. The molecular weight excluding hydrogens is 186 g/mol. The fourth-order valence-electron chi connectivity index (χ4n) is 2.88. The minimum Gasteiger partial charge on any atom is -0.215 e. The normalized spacial score (nSPS) is 38.4. The lowest BCUT2D eigenvalue weighted by atomic mass is 9.89. The molecule has 2 aliphatic carbocycles. The lowest BCUT2D eigenvalue weighted by Crippen LogP contribution is -2.30. The fraction of sp³-hybridized carbons (Fsp3) is 1.00. The number of fused-ring (bicyclic) bond motifs is 2. The van der Waals surface area contributed by atoms with Crippen LogP contribution in [0.5, 0.6) is 0 Å². The van der Waals surface area contributed by atoms with Gasteiger partial charge in [-0.05, 0) is 37.0 Å². The average molecular weight is 203 g/mol. The van der Waals surface area contributed by atoms with Gasteiger partial charge in [0.05, 0.1) is 6.26 Å². The molecule has 76 valence electrons. The van der Waals surface area contributed by atoms with Crippen LogP contribution in [0.2, 0.25) is 0 Å². The van der Waals surface area contributed by atoms with Crippen molar-refractivity contribution >= 4 is 10.0 Å². The summed E-state index contributed by atoms with van der Waals surface area (Å²) in [5.74, 6) is 2.32. The number of nitrogens with one attached hydrogen (secondary N) is 1. The molecule has 1 N–H and O–H groups in total. The summed E-state index contributed by atoms with van der Waals surface area (Å²) in [6.45, 7) is 0.667. The number of hydrogen-bond acceptors (Lipinski definition) is 2. The van der Waals surface area contributed by atoms with Crippen LogP contribution in [0.25, 0.3) is 0 Å². The zero-order valence-electron chi connectivity index (χ0n) is 7.99. The van der Waals surface area contributed by atoms with E-state index in [-0.39, 0.29) is 0 Å². The maximum Gasteiger partial charge on any atom is 0.208 e. The molecule has 2 saturated carbocycles. The van der Waals surface area contributed by atoms with E-state index in [2.05, 4.69) is 4.72 Å². The second-order valence-corrected chi connectivity index (χ2v) is 6.39. The van der Waals surface area contributed by atoms with Gasteiger partial charge in [-0.3, -0.25) is 0 Å². The summed E-state index contributed by atoms with van der Waals surface area (Å²) in [5, 5.41) is 0. The molecule has 0 aromatic carbocycles. The molecule has 4 heteroatoms. The van der Waals surface area contributed by atoms with Gasteiger partial charge < -0.3 is 0 Å². The second kappa shape index (κ2) is 3.24. The lowest BCUT2D eigenvalue weighted by Gasteiger charge is -2.21. The molecule has 2 aliphatic rings. The molecule has 2 rings (SSSR count). The van der Waals surface area contributed by atoms with Crippen molar-refractivity contribution in [2.75, 3.05) is 12.8 Å². The summed E-state index contributed by atoms with van der Waals surface area (Å²) in [6.07, 6.45) is 6.52. The Morgan fingerprint density at radius 1 is 1.31 bits per heavy atom. The van der Waals surface area contributed by atoms with Crippen LogP contribution in [0.15, 0.2) is 0 Å². The van der Waals surface area contributed by atoms with Gasteiger partial charge in [0.25, 0.3) is 0 Å². The van der Waals surface area contributed by atoms with Crippen LogP contribution in [0.3, 0.4) is 0 Å². The van der Waals surface area contributed by atoms with Gasteiger partial charge >= 0.3 is 0 Å². The van der Waals surface area contributed by atoms with Crippen LogP contribution in [-0.2, 0) is 10.0 Å². The average Bonchev–Trinajstić information content (AvgIpc) is 2.58. The maximum absolute atomic E-state index is 10.9. The first kappa shape index (κ1) is 9.46. The molecule has 0 radical (unpaired) electrons. The Morgan fingerprint density at radius 3 is 2.54 bits per heavy atom. The SMILES string of the molecule is CS(=O)(=O)NCC1CC2CCC1C2. The highest BCUT2D eigenvalue weighted by Gasteiger charge is 2.39. The van der Waals surface area contributed by atoms with Crippen molar-refractivity contribution in [1.29, 1.82) is 0 Å². The predicted octanol–water partition coefficient (Wildman–Crippen LogP) is 0.972. The largest absolute Gasteiger partial charge is 0.215 e. The molecule has 3 unspecified atom stereocenters. The van der Waals surface area contributed by atoms with Gasteiger partial charge in [0, 0.05) is 6.54 Å². The summed E-state index contributed by atoms with van der Waals surface area (Å²) >= 11 is 0. The van der Waals surface area contributed by atoms with E-state index in [4.69, 9.17) is 0 Å². The molecule has 13 heavy (non-hydrogen) atoms. The third kappa shape index (κ3) is 2.23. The van der Waals surface area contributed by atoms with E-state index >= 15 is 0 Å². The van der Waals surface area contributed by atoms with Crippen molar-refractivity contribution in [3.63, 3.8) is 0 Å². The van der Waals surface area contributed by atoms with E-state index in [0.29, 0.717) is 12.5 Å². The van der Waals surface area contributed by atoms with Crippen LogP contribution >= 0.6 is 0 Å². The minimum absolute atomic E-state index is 0.619. The fourth-order valence-corrected chi connectivity index (χ4v) is 3.40. The standard InChI is InChI=1S/C9H17NO2S/c1-13(11,12)10-6-9-5-7-2-3-8(9)4-7/h7-10H,2-6H2,1H3. The first-order chi connectivity index (χ1) is 6.04. The van der Waals surface area contributed by atoms with E-state index in [9.17, 15) is 8.42 Å². The van der Waals surface area contributed by atoms with Gasteiger partial charge in [0.15, 0.2) is 0 Å². The van der Waals surface area contributed by atoms with Gasteiger partial charge in [-0.2, -0.15) is 0 Å². The molecule has 0 spiro atoms. The molecule has 3 atom stereocenters. The van der Waals surface area contributed by atoms with Crippen LogP contribution in [-0.4, -0.2) is 21.2 Å². The van der Waals surface area contributed by atoms with E-state index in [1.54, 1.807) is 0 Å². The van der Waals surface area contributed by atoms with Gasteiger partial charge in [-0.25, -0.2) is 13.1 Å². The highest BCUT2D eigenvalue weighted by atomic mass is 32.2. The molecule has 0 aliphatic heterocycles. The molecule has 2 bridgehead atoms. The topological polar surface area (TPSA) is 46.2 Å².